The largest absolute Gasteiger partial charge is 0.356 e. The maximum Gasteiger partial charge on any atom is 0.223 e. The number of nitrogens with one attached hydrogen (secondary N) is 1. The topological polar surface area (TPSA) is 61.4 Å². The average Bonchev–Trinajstić information content (AvgIpc) is 2.79. The third-order valence-corrected chi connectivity index (χ3v) is 6.00. The molecule has 0 saturated carbocycles. The number of piperidine rings is 1. The van der Waals surface area contributed by atoms with Crippen LogP contribution < -0.4 is 10.2 Å². The van der Waals surface area contributed by atoms with Crippen molar-refractivity contribution in [2.24, 2.45) is 5.92 Å². The van der Waals surface area contributed by atoms with Crippen LogP contribution in [0.5, 0.6) is 0 Å². The quantitative estimate of drug-likeness (QED) is 0.642. The molecule has 0 radical (unpaired) electrons. The van der Waals surface area contributed by atoms with Crippen molar-refractivity contribution in [2.45, 2.75) is 40.0 Å². The number of nitrogens with zero attached hydrogens (tertiary/aromatic N) is 4. The van der Waals surface area contributed by atoms with Crippen LogP contribution >= 0.6 is 0 Å². The van der Waals surface area contributed by atoms with Gasteiger partial charge in [-0.05, 0) is 51.9 Å². The molecule has 30 heavy (non-hydrogen) atoms. The maximum atomic E-state index is 12.5. The van der Waals surface area contributed by atoms with Crippen molar-refractivity contribution in [3.8, 4) is 11.3 Å². The van der Waals surface area contributed by atoms with E-state index in [1.807, 2.05) is 0 Å². The molecule has 2 aromatic rings. The molecule has 3 rings (SSSR count). The van der Waals surface area contributed by atoms with Crippen LogP contribution in [0.3, 0.4) is 0 Å². The van der Waals surface area contributed by atoms with E-state index in [2.05, 4.69) is 76.2 Å². The van der Waals surface area contributed by atoms with Crippen LogP contribution in [0.25, 0.3) is 11.3 Å². The summed E-state index contributed by atoms with van der Waals surface area (Å²) in [7, 11) is 0. The van der Waals surface area contributed by atoms with Crippen LogP contribution in [0, 0.1) is 12.8 Å². The molecule has 1 aromatic carbocycles. The Kier molecular flexibility index (Phi) is 8.20. The van der Waals surface area contributed by atoms with Gasteiger partial charge in [-0.3, -0.25) is 4.79 Å². The van der Waals surface area contributed by atoms with Gasteiger partial charge in [-0.1, -0.05) is 37.6 Å². The Labute approximate surface area is 180 Å². The Bertz CT molecular complexity index is 813. The van der Waals surface area contributed by atoms with Gasteiger partial charge in [-0.2, -0.15) is 0 Å². The summed E-state index contributed by atoms with van der Waals surface area (Å²) in [6.07, 6.45) is 4.38. The highest BCUT2D eigenvalue weighted by Gasteiger charge is 2.25. The number of anilines is 1. The van der Waals surface area contributed by atoms with E-state index in [1.54, 1.807) is 6.33 Å². The minimum Gasteiger partial charge on any atom is -0.356 e. The number of hydrogen-bond acceptors (Lipinski definition) is 5. The molecular formula is C24H35N5O. The molecule has 6 nitrogen and oxygen atoms in total. The molecule has 1 aliphatic rings. The zero-order valence-electron chi connectivity index (χ0n) is 18.6. The van der Waals surface area contributed by atoms with Gasteiger partial charge < -0.3 is 15.1 Å². The van der Waals surface area contributed by atoms with E-state index in [0.29, 0.717) is 0 Å². The highest BCUT2D eigenvalue weighted by Crippen LogP contribution is 2.25. The molecule has 1 amide bonds. The standard InChI is InChI=1S/C24H35N5O/c1-4-28(5-2)13-7-12-25-24(30)20-10-14-29(15-11-20)23-17-22(26-18-27-23)21-9-6-8-19(3)16-21/h6,8-9,16-18,20H,4-5,7,10-15H2,1-3H3,(H,25,30). The van der Waals surface area contributed by atoms with E-state index >= 15 is 0 Å². The fourth-order valence-electron chi connectivity index (χ4n) is 4.05. The minimum absolute atomic E-state index is 0.104. The number of amides is 1. The van der Waals surface area contributed by atoms with E-state index in [1.165, 1.54) is 5.56 Å². The summed E-state index contributed by atoms with van der Waals surface area (Å²) in [5.41, 5.74) is 3.27. The van der Waals surface area contributed by atoms with Gasteiger partial charge in [0.1, 0.15) is 12.1 Å². The van der Waals surface area contributed by atoms with Gasteiger partial charge in [-0.15, -0.1) is 0 Å². The number of carbonyl (C=O) groups excluding carboxylic acids is 1. The first-order chi connectivity index (χ1) is 14.6. The Morgan fingerprint density at radius 3 is 2.63 bits per heavy atom. The number of aromatic nitrogens is 2. The van der Waals surface area contributed by atoms with Crippen molar-refractivity contribution >= 4 is 11.7 Å². The van der Waals surface area contributed by atoms with Gasteiger partial charge in [-0.25, -0.2) is 9.97 Å². The fourth-order valence-corrected chi connectivity index (χ4v) is 4.05. The molecule has 1 aliphatic heterocycles. The lowest BCUT2D eigenvalue weighted by Gasteiger charge is -2.32. The Balaban J connectivity index is 1.48. The highest BCUT2D eigenvalue weighted by molar-refractivity contribution is 5.79. The zero-order valence-corrected chi connectivity index (χ0v) is 18.6. The van der Waals surface area contributed by atoms with Gasteiger partial charge in [0.25, 0.3) is 0 Å². The fraction of sp³-hybridized carbons (Fsp3) is 0.542. The second-order valence-electron chi connectivity index (χ2n) is 8.06. The molecule has 0 unspecified atom stereocenters. The van der Waals surface area contributed by atoms with Gasteiger partial charge in [0.15, 0.2) is 0 Å². The van der Waals surface area contributed by atoms with Crippen LogP contribution in [0.1, 0.15) is 38.7 Å². The summed E-state index contributed by atoms with van der Waals surface area (Å²) in [6, 6.07) is 10.4. The van der Waals surface area contributed by atoms with Crippen LogP contribution in [0.4, 0.5) is 5.82 Å². The molecule has 6 heteroatoms. The van der Waals surface area contributed by atoms with Crippen molar-refractivity contribution in [1.29, 1.82) is 0 Å². The molecule has 0 atom stereocenters. The number of benzene rings is 1. The Hall–Kier alpha value is -2.47. The third kappa shape index (κ3) is 6.02. The van der Waals surface area contributed by atoms with Gasteiger partial charge in [0.2, 0.25) is 5.91 Å². The zero-order chi connectivity index (χ0) is 21.3. The predicted octanol–water partition coefficient (Wildman–Crippen LogP) is 3.52. The number of rotatable bonds is 9. The summed E-state index contributed by atoms with van der Waals surface area (Å²) >= 11 is 0. The highest BCUT2D eigenvalue weighted by atomic mass is 16.1. The van der Waals surface area contributed by atoms with Crippen LogP contribution in [0.2, 0.25) is 0 Å². The van der Waals surface area contributed by atoms with Crippen molar-refractivity contribution in [3.05, 3.63) is 42.2 Å². The number of hydrogen-bond donors (Lipinski definition) is 1. The number of carbonyl (C=O) groups is 1. The van der Waals surface area contributed by atoms with Crippen LogP contribution in [-0.4, -0.2) is 60.0 Å². The SMILES string of the molecule is CCN(CC)CCCNC(=O)C1CCN(c2cc(-c3cccc(C)c3)ncn2)CC1. The van der Waals surface area contributed by atoms with Crippen LogP contribution in [-0.2, 0) is 4.79 Å². The lowest BCUT2D eigenvalue weighted by atomic mass is 9.96. The summed E-state index contributed by atoms with van der Waals surface area (Å²) in [5, 5.41) is 3.14. The van der Waals surface area contributed by atoms with Crippen molar-refractivity contribution < 1.29 is 4.79 Å². The minimum atomic E-state index is 0.104. The number of aryl methyl sites for hydroxylation is 1. The molecule has 0 spiro atoms. The molecule has 1 fully saturated rings. The van der Waals surface area contributed by atoms with Crippen molar-refractivity contribution in [1.82, 2.24) is 20.2 Å². The lowest BCUT2D eigenvalue weighted by molar-refractivity contribution is -0.125. The van der Waals surface area contributed by atoms with Gasteiger partial charge in [0, 0.05) is 37.2 Å². The first kappa shape index (κ1) is 22.2. The molecule has 1 N–H and O–H groups in total. The first-order valence-electron chi connectivity index (χ1n) is 11.2. The Morgan fingerprint density at radius 1 is 1.17 bits per heavy atom. The molecular weight excluding hydrogens is 374 g/mol. The lowest BCUT2D eigenvalue weighted by Crippen LogP contribution is -2.41. The van der Waals surface area contributed by atoms with Crippen LogP contribution in [0.15, 0.2) is 36.7 Å². The summed E-state index contributed by atoms with van der Waals surface area (Å²) in [6.45, 7) is 12.1. The summed E-state index contributed by atoms with van der Waals surface area (Å²) in [4.78, 5) is 26.1. The smallest absolute Gasteiger partial charge is 0.223 e. The van der Waals surface area contributed by atoms with Crippen molar-refractivity contribution in [3.63, 3.8) is 0 Å². The van der Waals surface area contributed by atoms with Gasteiger partial charge >= 0.3 is 0 Å². The molecule has 1 saturated heterocycles. The third-order valence-electron chi connectivity index (χ3n) is 6.00. The summed E-state index contributed by atoms with van der Waals surface area (Å²) in [5.74, 6) is 1.25. The monoisotopic (exact) mass is 409 g/mol. The van der Waals surface area contributed by atoms with E-state index in [-0.39, 0.29) is 11.8 Å². The van der Waals surface area contributed by atoms with Crippen molar-refractivity contribution in [2.75, 3.05) is 44.2 Å². The normalized spacial score (nSPS) is 14.9. The molecule has 0 aliphatic carbocycles. The second-order valence-corrected chi connectivity index (χ2v) is 8.06. The average molecular weight is 410 g/mol. The van der Waals surface area contributed by atoms with Gasteiger partial charge in [0.05, 0.1) is 5.69 Å². The molecule has 1 aromatic heterocycles. The Morgan fingerprint density at radius 2 is 1.93 bits per heavy atom. The predicted molar refractivity (Wildman–Crippen MR) is 123 cm³/mol. The van der Waals surface area contributed by atoms with E-state index < -0.39 is 0 Å². The van der Waals surface area contributed by atoms with E-state index in [9.17, 15) is 4.79 Å². The molecule has 162 valence electrons. The van der Waals surface area contributed by atoms with E-state index in [0.717, 1.165) is 75.6 Å². The second kappa shape index (κ2) is 11.1. The van der Waals surface area contributed by atoms with E-state index in [4.69, 9.17) is 0 Å². The molecule has 0 bridgehead atoms. The first-order valence-corrected chi connectivity index (χ1v) is 11.2. The maximum absolute atomic E-state index is 12.5. The molecule has 2 heterocycles. The summed E-state index contributed by atoms with van der Waals surface area (Å²) < 4.78 is 0.